The van der Waals surface area contributed by atoms with Crippen molar-refractivity contribution < 1.29 is 4.79 Å². The Bertz CT molecular complexity index is 448. The summed E-state index contributed by atoms with van der Waals surface area (Å²) in [6, 6.07) is 3.36. The van der Waals surface area contributed by atoms with Crippen molar-refractivity contribution in [2.24, 2.45) is 0 Å². The Kier molecular flexibility index (Phi) is 4.02. The molecule has 0 aromatic carbocycles. The minimum absolute atomic E-state index is 0.0225. The van der Waals surface area contributed by atoms with Crippen LogP contribution in [0.15, 0.2) is 12.1 Å². The number of thioether (sulfide) groups is 1. The van der Waals surface area contributed by atoms with Gasteiger partial charge in [-0.3, -0.25) is 4.79 Å². The molecule has 0 radical (unpaired) electrons. The van der Waals surface area contributed by atoms with Gasteiger partial charge in [-0.2, -0.15) is 11.8 Å². The highest BCUT2D eigenvalue weighted by molar-refractivity contribution is 8.00. The molecule has 18 heavy (non-hydrogen) atoms. The van der Waals surface area contributed by atoms with Gasteiger partial charge in [0.05, 0.1) is 0 Å². The van der Waals surface area contributed by atoms with Crippen molar-refractivity contribution in [3.8, 4) is 0 Å². The highest BCUT2D eigenvalue weighted by Gasteiger charge is 2.29. The summed E-state index contributed by atoms with van der Waals surface area (Å²) < 4.78 is 0. The maximum atomic E-state index is 12.4. The third kappa shape index (κ3) is 2.72. The molecule has 1 saturated heterocycles. The van der Waals surface area contributed by atoms with Crippen molar-refractivity contribution >= 4 is 35.1 Å². The monoisotopic (exact) mass is 285 g/mol. The molecule has 1 aliphatic rings. The summed E-state index contributed by atoms with van der Waals surface area (Å²) >= 11 is 7.72. The zero-order valence-electron chi connectivity index (χ0n) is 10.4. The van der Waals surface area contributed by atoms with E-state index >= 15 is 0 Å². The van der Waals surface area contributed by atoms with Crippen molar-refractivity contribution in [3.63, 3.8) is 0 Å². The summed E-state index contributed by atoms with van der Waals surface area (Å²) in [5, 5.41) is 0.697. The number of anilines is 1. The molecular formula is C12H16ClN3OS. The maximum Gasteiger partial charge on any atom is 0.254 e. The van der Waals surface area contributed by atoms with Gasteiger partial charge in [0.15, 0.2) is 0 Å². The molecule has 1 aromatic rings. The minimum atomic E-state index is -0.0225. The lowest BCUT2D eigenvalue weighted by molar-refractivity contribution is 0.0698. The predicted molar refractivity (Wildman–Crippen MR) is 76.1 cm³/mol. The van der Waals surface area contributed by atoms with Crippen LogP contribution in [0.1, 0.15) is 24.2 Å². The summed E-state index contributed by atoms with van der Waals surface area (Å²) in [6.07, 6.45) is 0. The maximum absolute atomic E-state index is 12.4. The topological polar surface area (TPSA) is 59.2 Å². The number of amides is 1. The molecule has 6 heteroatoms. The number of rotatable bonds is 1. The summed E-state index contributed by atoms with van der Waals surface area (Å²) in [5.74, 6) is 1.22. The van der Waals surface area contributed by atoms with Gasteiger partial charge in [-0.05, 0) is 19.1 Å². The number of hydrogen-bond acceptors (Lipinski definition) is 4. The Hall–Kier alpha value is -0.940. The number of halogens is 1. The van der Waals surface area contributed by atoms with Gasteiger partial charge in [-0.15, -0.1) is 0 Å². The van der Waals surface area contributed by atoms with E-state index in [9.17, 15) is 4.79 Å². The Morgan fingerprint density at radius 1 is 1.56 bits per heavy atom. The van der Waals surface area contributed by atoms with Gasteiger partial charge in [-0.25, -0.2) is 4.98 Å². The number of carbonyl (C=O) groups excluding carboxylic acids is 1. The quantitative estimate of drug-likeness (QED) is 0.804. The fourth-order valence-corrected chi connectivity index (χ4v) is 3.34. The van der Waals surface area contributed by atoms with E-state index < -0.39 is 0 Å². The second-order valence-electron chi connectivity index (χ2n) is 4.42. The normalized spacial score (nSPS) is 24.1. The van der Waals surface area contributed by atoms with Crippen molar-refractivity contribution in [3.05, 3.63) is 22.8 Å². The lowest BCUT2D eigenvalue weighted by atomic mass is 10.1. The summed E-state index contributed by atoms with van der Waals surface area (Å²) in [5.41, 5.74) is 6.13. The lowest BCUT2D eigenvalue weighted by Gasteiger charge is -2.37. The average Bonchev–Trinajstić information content (AvgIpc) is 2.30. The third-order valence-electron chi connectivity index (χ3n) is 3.21. The molecule has 0 spiro atoms. The summed E-state index contributed by atoms with van der Waals surface area (Å²) in [6.45, 7) is 4.97. The Balaban J connectivity index is 2.24. The fraction of sp³-hybridized carbons (Fsp3) is 0.500. The van der Waals surface area contributed by atoms with Gasteiger partial charge < -0.3 is 10.6 Å². The number of aromatic nitrogens is 1. The highest BCUT2D eigenvalue weighted by atomic mass is 35.5. The predicted octanol–water partition coefficient (Wildman–Crippen LogP) is 2.28. The number of pyridine rings is 1. The van der Waals surface area contributed by atoms with E-state index in [0.29, 0.717) is 10.8 Å². The van der Waals surface area contributed by atoms with Crippen LogP contribution >= 0.6 is 23.4 Å². The Morgan fingerprint density at radius 3 is 2.94 bits per heavy atom. The van der Waals surface area contributed by atoms with E-state index in [1.165, 1.54) is 0 Å². The van der Waals surface area contributed by atoms with Crippen molar-refractivity contribution in [1.29, 1.82) is 0 Å². The Labute approximate surface area is 116 Å². The highest BCUT2D eigenvalue weighted by Crippen LogP contribution is 2.26. The van der Waals surface area contributed by atoms with Crippen LogP contribution in [-0.4, -0.2) is 39.4 Å². The van der Waals surface area contributed by atoms with Gasteiger partial charge in [0, 0.05) is 29.2 Å². The van der Waals surface area contributed by atoms with Crippen molar-refractivity contribution in [2.45, 2.75) is 25.1 Å². The molecule has 1 aliphatic heterocycles. The molecule has 1 amide bonds. The van der Waals surface area contributed by atoms with E-state index in [0.717, 1.165) is 12.3 Å². The van der Waals surface area contributed by atoms with E-state index in [1.807, 2.05) is 16.7 Å². The van der Waals surface area contributed by atoms with Gasteiger partial charge in [-0.1, -0.05) is 18.5 Å². The van der Waals surface area contributed by atoms with Crippen LogP contribution in [0.2, 0.25) is 5.15 Å². The largest absolute Gasteiger partial charge is 0.384 e. The van der Waals surface area contributed by atoms with Gasteiger partial charge in [0.2, 0.25) is 0 Å². The van der Waals surface area contributed by atoms with Crippen molar-refractivity contribution in [1.82, 2.24) is 9.88 Å². The third-order valence-corrected chi connectivity index (χ3v) is 4.74. The molecule has 0 bridgehead atoms. The molecule has 4 nitrogen and oxygen atoms in total. The molecule has 1 aromatic heterocycles. The van der Waals surface area contributed by atoms with Crippen LogP contribution in [0.3, 0.4) is 0 Å². The lowest BCUT2D eigenvalue weighted by Crippen LogP contribution is -2.48. The smallest absolute Gasteiger partial charge is 0.254 e. The number of hydrogen-bond donors (Lipinski definition) is 1. The molecular weight excluding hydrogens is 270 g/mol. The molecule has 0 aliphatic carbocycles. The molecule has 2 rings (SSSR count). The first-order valence-corrected chi connectivity index (χ1v) is 7.27. The Morgan fingerprint density at radius 2 is 2.28 bits per heavy atom. The van der Waals surface area contributed by atoms with E-state index in [2.05, 4.69) is 18.8 Å². The molecule has 2 N–H and O–H groups in total. The van der Waals surface area contributed by atoms with Crippen LogP contribution in [0.25, 0.3) is 0 Å². The number of nitrogen functional groups attached to an aromatic ring is 1. The fourth-order valence-electron chi connectivity index (χ4n) is 2.03. The first-order chi connectivity index (χ1) is 8.49. The van der Waals surface area contributed by atoms with E-state index in [-0.39, 0.29) is 22.9 Å². The molecule has 2 atom stereocenters. The summed E-state index contributed by atoms with van der Waals surface area (Å²) in [7, 11) is 0. The molecule has 2 unspecified atom stereocenters. The van der Waals surface area contributed by atoms with Gasteiger partial charge in [0.1, 0.15) is 11.0 Å². The first kappa shape index (κ1) is 13.5. The van der Waals surface area contributed by atoms with Gasteiger partial charge in [0.25, 0.3) is 5.91 Å². The average molecular weight is 286 g/mol. The van der Waals surface area contributed by atoms with Crippen molar-refractivity contribution in [2.75, 3.05) is 18.0 Å². The first-order valence-electron chi connectivity index (χ1n) is 5.84. The minimum Gasteiger partial charge on any atom is -0.384 e. The molecule has 0 saturated carbocycles. The van der Waals surface area contributed by atoms with E-state index in [4.69, 9.17) is 17.3 Å². The SMILES string of the molecule is CC1SCCN(C(=O)c2cc(N)nc(Cl)c2)C1C. The number of nitrogens with zero attached hydrogens (tertiary/aromatic N) is 2. The molecule has 2 heterocycles. The molecule has 98 valence electrons. The second kappa shape index (κ2) is 5.36. The number of carbonyl (C=O) groups is 1. The van der Waals surface area contributed by atoms with Crippen LogP contribution in [0.4, 0.5) is 5.82 Å². The summed E-state index contributed by atoms with van der Waals surface area (Å²) in [4.78, 5) is 18.2. The van der Waals surface area contributed by atoms with Gasteiger partial charge >= 0.3 is 0 Å². The standard InChI is InChI=1S/C12H16ClN3OS/c1-7-8(2)18-4-3-16(7)12(17)9-5-10(13)15-11(14)6-9/h5-8H,3-4H2,1-2H3,(H2,14,15). The van der Waals surface area contributed by atoms with E-state index in [1.54, 1.807) is 12.1 Å². The zero-order chi connectivity index (χ0) is 13.3. The zero-order valence-corrected chi connectivity index (χ0v) is 12.0. The van der Waals surface area contributed by atoms with Crippen LogP contribution in [0, 0.1) is 0 Å². The van der Waals surface area contributed by atoms with Crippen LogP contribution in [-0.2, 0) is 0 Å². The van der Waals surface area contributed by atoms with Crippen LogP contribution < -0.4 is 5.73 Å². The number of nitrogens with two attached hydrogens (primary N) is 1. The second-order valence-corrected chi connectivity index (χ2v) is 6.29. The molecule has 1 fully saturated rings. The van der Waals surface area contributed by atoms with Crippen LogP contribution in [0.5, 0.6) is 0 Å².